The minimum absolute atomic E-state index is 0.0149. The van der Waals surface area contributed by atoms with Crippen LogP contribution in [0.25, 0.3) is 0 Å². The van der Waals surface area contributed by atoms with Gasteiger partial charge in [-0.3, -0.25) is 4.79 Å². The summed E-state index contributed by atoms with van der Waals surface area (Å²) in [4.78, 5) is 11.0. The lowest BCUT2D eigenvalue weighted by Crippen LogP contribution is -2.25. The molecule has 4 nitrogen and oxygen atoms in total. The fourth-order valence-corrected chi connectivity index (χ4v) is 1.68. The molecule has 8 heteroatoms. The van der Waals surface area contributed by atoms with Crippen LogP contribution in [0.15, 0.2) is 11.8 Å². The van der Waals surface area contributed by atoms with E-state index in [9.17, 15) is 26.4 Å². The minimum Gasteiger partial charge on any atom is -0.380 e. The second-order valence-electron chi connectivity index (χ2n) is 3.27. The van der Waals surface area contributed by atoms with Crippen LogP contribution in [0, 0.1) is 0 Å². The monoisotopic (exact) mass is 258 g/mol. The second-order valence-corrected chi connectivity index (χ2v) is 4.81. The Morgan fingerprint density at radius 2 is 1.75 bits per heavy atom. The standard InChI is InChI=1S/C8H9F3O4S/c9-8(10,11)16(13,14)15-7-4-2-1-3-6(12)5-7/h5H,1-4H2. The summed E-state index contributed by atoms with van der Waals surface area (Å²) >= 11 is 0. The molecule has 0 radical (unpaired) electrons. The topological polar surface area (TPSA) is 60.4 Å². The summed E-state index contributed by atoms with van der Waals surface area (Å²) in [6.07, 6.45) is 1.95. The first-order chi connectivity index (χ1) is 7.22. The Kier molecular flexibility index (Phi) is 3.61. The molecule has 0 spiro atoms. The quantitative estimate of drug-likeness (QED) is 0.560. The van der Waals surface area contributed by atoms with E-state index < -0.39 is 27.2 Å². The van der Waals surface area contributed by atoms with E-state index in [4.69, 9.17) is 0 Å². The molecule has 0 aromatic heterocycles. The van der Waals surface area contributed by atoms with Crippen molar-refractivity contribution in [3.63, 3.8) is 0 Å². The smallest absolute Gasteiger partial charge is 0.380 e. The van der Waals surface area contributed by atoms with Crippen LogP contribution in [0.1, 0.15) is 25.7 Å². The highest BCUT2D eigenvalue weighted by Gasteiger charge is 2.48. The van der Waals surface area contributed by atoms with E-state index in [1.165, 1.54) is 0 Å². The van der Waals surface area contributed by atoms with Gasteiger partial charge in [0, 0.05) is 18.9 Å². The van der Waals surface area contributed by atoms with Gasteiger partial charge >= 0.3 is 15.6 Å². The number of carbonyl (C=O) groups excluding carboxylic acids is 1. The third-order valence-corrected chi connectivity index (χ3v) is 2.92. The van der Waals surface area contributed by atoms with Gasteiger partial charge in [0.1, 0.15) is 5.76 Å². The number of ketones is 1. The van der Waals surface area contributed by atoms with Crippen molar-refractivity contribution in [1.29, 1.82) is 0 Å². The van der Waals surface area contributed by atoms with Crippen molar-refractivity contribution in [1.82, 2.24) is 0 Å². The third kappa shape index (κ3) is 3.22. The largest absolute Gasteiger partial charge is 0.534 e. The summed E-state index contributed by atoms with van der Waals surface area (Å²) in [6.45, 7) is 0. The molecule has 0 atom stereocenters. The molecular formula is C8H9F3O4S. The van der Waals surface area contributed by atoms with Crippen LogP contribution in [0.2, 0.25) is 0 Å². The van der Waals surface area contributed by atoms with Gasteiger partial charge in [-0.25, -0.2) is 0 Å². The molecule has 1 rings (SSSR count). The first-order valence-electron chi connectivity index (χ1n) is 4.46. The maximum Gasteiger partial charge on any atom is 0.534 e. The first-order valence-corrected chi connectivity index (χ1v) is 5.87. The van der Waals surface area contributed by atoms with Gasteiger partial charge < -0.3 is 4.18 Å². The lowest BCUT2D eigenvalue weighted by molar-refractivity contribution is -0.114. The van der Waals surface area contributed by atoms with Crippen molar-refractivity contribution in [3.05, 3.63) is 11.8 Å². The van der Waals surface area contributed by atoms with Crippen LogP contribution in [0.5, 0.6) is 0 Å². The Balaban J connectivity index is 2.85. The maximum absolute atomic E-state index is 12.0. The molecule has 0 aromatic carbocycles. The Morgan fingerprint density at radius 1 is 1.19 bits per heavy atom. The van der Waals surface area contributed by atoms with Crippen LogP contribution < -0.4 is 0 Å². The van der Waals surface area contributed by atoms with Gasteiger partial charge in [0.05, 0.1) is 0 Å². The number of hydrogen-bond donors (Lipinski definition) is 0. The van der Waals surface area contributed by atoms with E-state index in [0.717, 1.165) is 6.08 Å². The van der Waals surface area contributed by atoms with Crippen molar-refractivity contribution in [2.45, 2.75) is 31.2 Å². The van der Waals surface area contributed by atoms with Crippen LogP contribution in [0.3, 0.4) is 0 Å². The number of alkyl halides is 3. The molecule has 0 aliphatic heterocycles. The average Bonchev–Trinajstić information content (AvgIpc) is 2.27. The molecular weight excluding hydrogens is 249 g/mol. The van der Waals surface area contributed by atoms with E-state index >= 15 is 0 Å². The minimum atomic E-state index is -5.66. The SMILES string of the molecule is O=C1C=C(OS(=O)(=O)C(F)(F)F)CCCC1. The zero-order valence-electron chi connectivity index (χ0n) is 8.08. The fourth-order valence-electron chi connectivity index (χ4n) is 1.18. The summed E-state index contributed by atoms with van der Waals surface area (Å²) in [5.41, 5.74) is -5.47. The molecule has 92 valence electrons. The van der Waals surface area contributed by atoms with Crippen molar-refractivity contribution in [2.24, 2.45) is 0 Å². The highest BCUT2D eigenvalue weighted by Crippen LogP contribution is 2.28. The summed E-state index contributed by atoms with van der Waals surface area (Å²) in [5, 5.41) is 0. The van der Waals surface area contributed by atoms with Gasteiger partial charge in [-0.2, -0.15) is 21.6 Å². The number of allylic oxidation sites excluding steroid dienone is 2. The Hall–Kier alpha value is -1.05. The number of halogens is 3. The number of hydrogen-bond acceptors (Lipinski definition) is 4. The summed E-state index contributed by atoms with van der Waals surface area (Å²) in [7, 11) is -5.66. The first kappa shape index (κ1) is 13.0. The van der Waals surface area contributed by atoms with Gasteiger partial charge in [-0.15, -0.1) is 0 Å². The van der Waals surface area contributed by atoms with Crippen LogP contribution in [0.4, 0.5) is 13.2 Å². The van der Waals surface area contributed by atoms with Crippen molar-refractivity contribution < 1.29 is 30.6 Å². The predicted molar refractivity (Wildman–Crippen MR) is 47.6 cm³/mol. The average molecular weight is 258 g/mol. The zero-order valence-corrected chi connectivity index (χ0v) is 8.90. The molecule has 0 saturated carbocycles. The number of carbonyl (C=O) groups is 1. The van der Waals surface area contributed by atoms with Gasteiger partial charge in [0.2, 0.25) is 0 Å². The van der Waals surface area contributed by atoms with E-state index in [0.29, 0.717) is 12.8 Å². The molecule has 1 aliphatic carbocycles. The zero-order chi connectivity index (χ0) is 12.4. The van der Waals surface area contributed by atoms with Gasteiger partial charge in [0.15, 0.2) is 5.78 Å². The molecule has 0 unspecified atom stereocenters. The third-order valence-electron chi connectivity index (χ3n) is 1.92. The highest BCUT2D eigenvalue weighted by molar-refractivity contribution is 7.87. The summed E-state index contributed by atoms with van der Waals surface area (Å²) in [5.74, 6) is -0.871. The molecule has 0 heterocycles. The highest BCUT2D eigenvalue weighted by atomic mass is 32.2. The van der Waals surface area contributed by atoms with Crippen molar-refractivity contribution in [2.75, 3.05) is 0 Å². The molecule has 0 saturated heterocycles. The summed E-state index contributed by atoms with van der Waals surface area (Å²) < 4.78 is 61.0. The van der Waals surface area contributed by atoms with Crippen molar-refractivity contribution in [3.8, 4) is 0 Å². The molecule has 0 N–H and O–H groups in total. The van der Waals surface area contributed by atoms with Crippen LogP contribution >= 0.6 is 0 Å². The molecule has 1 aliphatic rings. The molecule has 0 bridgehead atoms. The van der Waals surface area contributed by atoms with E-state index in [1.54, 1.807) is 0 Å². The van der Waals surface area contributed by atoms with Crippen molar-refractivity contribution >= 4 is 15.9 Å². The van der Waals surface area contributed by atoms with Crippen LogP contribution in [-0.4, -0.2) is 19.7 Å². The second kappa shape index (κ2) is 4.44. The molecule has 16 heavy (non-hydrogen) atoms. The normalized spacial score (nSPS) is 18.9. The molecule has 0 aromatic rings. The van der Waals surface area contributed by atoms with Gasteiger partial charge in [-0.1, -0.05) is 0 Å². The summed E-state index contributed by atoms with van der Waals surface area (Å²) in [6, 6.07) is 0. The lowest BCUT2D eigenvalue weighted by Gasteiger charge is -2.10. The molecule has 0 amide bonds. The fraction of sp³-hybridized carbons (Fsp3) is 0.625. The van der Waals surface area contributed by atoms with Crippen LogP contribution in [-0.2, 0) is 19.1 Å². The van der Waals surface area contributed by atoms with Gasteiger partial charge in [0.25, 0.3) is 0 Å². The Labute approximate surface area is 90.2 Å². The Bertz CT molecular complexity index is 407. The Morgan fingerprint density at radius 3 is 2.31 bits per heavy atom. The van der Waals surface area contributed by atoms with E-state index in [-0.39, 0.29) is 12.8 Å². The van der Waals surface area contributed by atoms with Gasteiger partial charge in [-0.05, 0) is 12.8 Å². The van der Waals surface area contributed by atoms with E-state index in [1.807, 2.05) is 0 Å². The molecule has 0 fully saturated rings. The van der Waals surface area contributed by atoms with E-state index in [2.05, 4.69) is 4.18 Å². The predicted octanol–water partition coefficient (Wildman–Crippen LogP) is 1.88. The maximum atomic E-state index is 12.0. The lowest BCUT2D eigenvalue weighted by atomic mass is 10.2. The number of rotatable bonds is 2.